The first-order chi connectivity index (χ1) is 6.29. The molecule has 0 amide bonds. The van der Waals surface area contributed by atoms with Crippen molar-refractivity contribution in [3.8, 4) is 0 Å². The van der Waals surface area contributed by atoms with Crippen LogP contribution in [0.2, 0.25) is 0 Å². The van der Waals surface area contributed by atoms with Gasteiger partial charge in [-0.1, -0.05) is 0 Å². The monoisotopic (exact) mass is 199 g/mol. The van der Waals surface area contributed by atoms with E-state index in [0.717, 1.165) is 11.8 Å². The zero-order valence-electron chi connectivity index (χ0n) is 7.60. The molecule has 2 bridgehead atoms. The predicted octanol–water partition coefficient (Wildman–Crippen LogP) is 0.863. The van der Waals surface area contributed by atoms with Gasteiger partial charge in [-0.15, -0.1) is 0 Å². The zero-order chi connectivity index (χ0) is 9.26. The summed E-state index contributed by atoms with van der Waals surface area (Å²) in [6, 6.07) is 0.649. The Balaban J connectivity index is 1.89. The largest absolute Gasteiger partial charge is 0.466 e. The Morgan fingerprint density at radius 3 is 3.08 bits per heavy atom. The van der Waals surface area contributed by atoms with Crippen LogP contribution in [0.5, 0.6) is 0 Å². The molecule has 2 heterocycles. The van der Waals surface area contributed by atoms with Gasteiger partial charge < -0.3 is 9.64 Å². The molecule has 2 fully saturated rings. The van der Waals surface area contributed by atoms with Gasteiger partial charge >= 0.3 is 5.97 Å². The molecule has 0 aliphatic carbocycles. The van der Waals surface area contributed by atoms with Crippen molar-refractivity contribution >= 4 is 17.7 Å². The normalized spacial score (nSPS) is 31.6. The summed E-state index contributed by atoms with van der Waals surface area (Å²) in [4.78, 5) is 13.1. The van der Waals surface area contributed by atoms with Gasteiger partial charge in [0.05, 0.1) is 7.11 Å². The Kier molecular flexibility index (Phi) is 2.49. The maximum absolute atomic E-state index is 10.8. The molecule has 0 radical (unpaired) electrons. The molecule has 0 aromatic heterocycles. The minimum Gasteiger partial charge on any atom is -0.466 e. The molecule has 0 aromatic carbocycles. The fourth-order valence-electron chi connectivity index (χ4n) is 1.84. The number of hydrogen-bond donors (Lipinski definition) is 0. The Hall–Kier alpha value is -0.640. The smallest absolute Gasteiger partial charge is 0.331 e. The van der Waals surface area contributed by atoms with Gasteiger partial charge in [0, 0.05) is 35.9 Å². The molecule has 4 heteroatoms. The first-order valence-electron chi connectivity index (χ1n) is 4.43. The van der Waals surface area contributed by atoms with E-state index in [-0.39, 0.29) is 5.97 Å². The third kappa shape index (κ3) is 1.82. The molecule has 2 rings (SSSR count). The van der Waals surface area contributed by atoms with Gasteiger partial charge in [-0.25, -0.2) is 4.79 Å². The minimum atomic E-state index is -0.268. The number of carbonyl (C=O) groups excluding carboxylic acids is 1. The molecule has 0 aromatic rings. The summed E-state index contributed by atoms with van der Waals surface area (Å²) in [6.07, 6.45) is 4.65. The van der Waals surface area contributed by atoms with E-state index >= 15 is 0 Å². The van der Waals surface area contributed by atoms with E-state index in [1.807, 2.05) is 18.0 Å². The zero-order valence-corrected chi connectivity index (χ0v) is 8.42. The van der Waals surface area contributed by atoms with Crippen molar-refractivity contribution in [1.82, 2.24) is 4.90 Å². The molecule has 2 aliphatic rings. The summed E-state index contributed by atoms with van der Waals surface area (Å²) in [5.74, 6) is 0.936. The molecule has 2 atom stereocenters. The Labute approximate surface area is 82.1 Å². The van der Waals surface area contributed by atoms with Crippen molar-refractivity contribution in [1.29, 1.82) is 0 Å². The Morgan fingerprint density at radius 1 is 1.69 bits per heavy atom. The van der Waals surface area contributed by atoms with Crippen LogP contribution in [0.25, 0.3) is 0 Å². The van der Waals surface area contributed by atoms with Crippen molar-refractivity contribution in [3.63, 3.8) is 0 Å². The summed E-state index contributed by atoms with van der Waals surface area (Å²) in [7, 11) is 1.40. The summed E-state index contributed by atoms with van der Waals surface area (Å²) < 4.78 is 4.53. The lowest BCUT2D eigenvalue weighted by atomic mass is 10.2. The molecular weight excluding hydrogens is 186 g/mol. The average molecular weight is 199 g/mol. The lowest BCUT2D eigenvalue weighted by molar-refractivity contribution is -0.134. The van der Waals surface area contributed by atoms with Crippen LogP contribution in [-0.2, 0) is 9.53 Å². The quantitative estimate of drug-likeness (QED) is 0.487. The lowest BCUT2D eigenvalue weighted by Gasteiger charge is -2.24. The van der Waals surface area contributed by atoms with E-state index in [0.29, 0.717) is 6.04 Å². The van der Waals surface area contributed by atoms with Crippen LogP contribution < -0.4 is 0 Å². The SMILES string of the molecule is COC(=O)/C=C/N1CC2CC1CS2. The lowest BCUT2D eigenvalue weighted by Crippen LogP contribution is -2.29. The molecular formula is C9H13NO2S. The number of ether oxygens (including phenoxy) is 1. The van der Waals surface area contributed by atoms with Gasteiger partial charge in [0.1, 0.15) is 0 Å². The molecule has 13 heavy (non-hydrogen) atoms. The highest BCUT2D eigenvalue weighted by Gasteiger charge is 2.36. The number of rotatable bonds is 2. The highest BCUT2D eigenvalue weighted by atomic mass is 32.2. The van der Waals surface area contributed by atoms with Gasteiger partial charge in [0.15, 0.2) is 0 Å². The molecule has 3 nitrogen and oxygen atoms in total. The van der Waals surface area contributed by atoms with Crippen molar-refractivity contribution in [2.75, 3.05) is 19.4 Å². The highest BCUT2D eigenvalue weighted by molar-refractivity contribution is 8.00. The van der Waals surface area contributed by atoms with E-state index in [4.69, 9.17) is 0 Å². The van der Waals surface area contributed by atoms with Gasteiger partial charge in [-0.05, 0) is 6.42 Å². The van der Waals surface area contributed by atoms with Crippen LogP contribution in [0, 0.1) is 0 Å². The van der Waals surface area contributed by atoms with Crippen LogP contribution in [-0.4, -0.2) is 41.6 Å². The molecule has 72 valence electrons. The minimum absolute atomic E-state index is 0.268. The highest BCUT2D eigenvalue weighted by Crippen LogP contribution is 2.37. The first kappa shape index (κ1) is 8.94. The fourth-order valence-corrected chi connectivity index (χ4v) is 3.29. The van der Waals surface area contributed by atoms with E-state index in [1.54, 1.807) is 0 Å². The number of fused-ring (bicyclic) bond motifs is 2. The van der Waals surface area contributed by atoms with Crippen molar-refractivity contribution in [2.24, 2.45) is 0 Å². The van der Waals surface area contributed by atoms with Gasteiger partial charge in [0.2, 0.25) is 0 Å². The van der Waals surface area contributed by atoms with Crippen LogP contribution in [0.4, 0.5) is 0 Å². The Morgan fingerprint density at radius 2 is 2.54 bits per heavy atom. The van der Waals surface area contributed by atoms with E-state index in [9.17, 15) is 4.79 Å². The standard InChI is InChI=1S/C9H13NO2S/c1-12-9(11)2-3-10-5-8-4-7(10)6-13-8/h2-3,7-8H,4-6H2,1H3/b3-2+. The first-order valence-corrected chi connectivity index (χ1v) is 5.48. The maximum atomic E-state index is 10.8. The number of likely N-dealkylation sites (tertiary alicyclic amines) is 1. The second-order valence-corrected chi connectivity index (χ2v) is 4.71. The second kappa shape index (κ2) is 3.62. The maximum Gasteiger partial charge on any atom is 0.331 e. The Bertz CT molecular complexity index is 242. The molecule has 0 N–H and O–H groups in total. The molecule has 0 saturated carbocycles. The van der Waals surface area contributed by atoms with Gasteiger partial charge in [-0.2, -0.15) is 11.8 Å². The van der Waals surface area contributed by atoms with Crippen LogP contribution in [0.1, 0.15) is 6.42 Å². The number of carbonyl (C=O) groups is 1. The fraction of sp³-hybridized carbons (Fsp3) is 0.667. The van der Waals surface area contributed by atoms with Crippen molar-refractivity contribution in [2.45, 2.75) is 17.7 Å². The second-order valence-electron chi connectivity index (χ2n) is 3.38. The van der Waals surface area contributed by atoms with Gasteiger partial charge in [0.25, 0.3) is 0 Å². The number of methoxy groups -OCH3 is 1. The van der Waals surface area contributed by atoms with E-state index < -0.39 is 0 Å². The summed E-state index contributed by atoms with van der Waals surface area (Å²) >= 11 is 2.04. The number of thioether (sulfide) groups is 1. The molecule has 0 spiro atoms. The third-order valence-corrected chi connectivity index (χ3v) is 3.94. The average Bonchev–Trinajstić information content (AvgIpc) is 2.74. The predicted molar refractivity (Wildman–Crippen MR) is 52.5 cm³/mol. The molecule has 2 aliphatic heterocycles. The van der Waals surface area contributed by atoms with Crippen LogP contribution >= 0.6 is 11.8 Å². The topological polar surface area (TPSA) is 29.5 Å². The number of hydrogen-bond acceptors (Lipinski definition) is 4. The number of esters is 1. The van der Waals surface area contributed by atoms with Gasteiger partial charge in [-0.3, -0.25) is 0 Å². The van der Waals surface area contributed by atoms with Crippen molar-refractivity contribution < 1.29 is 9.53 Å². The molecule has 2 saturated heterocycles. The van der Waals surface area contributed by atoms with E-state index in [2.05, 4.69) is 9.64 Å². The van der Waals surface area contributed by atoms with Crippen molar-refractivity contribution in [3.05, 3.63) is 12.3 Å². The summed E-state index contributed by atoms with van der Waals surface area (Å²) in [6.45, 7) is 1.09. The van der Waals surface area contributed by atoms with Crippen LogP contribution in [0.15, 0.2) is 12.3 Å². The number of nitrogens with zero attached hydrogens (tertiary/aromatic N) is 1. The summed E-state index contributed by atoms with van der Waals surface area (Å²) in [5.41, 5.74) is 0. The third-order valence-electron chi connectivity index (χ3n) is 2.55. The summed E-state index contributed by atoms with van der Waals surface area (Å²) in [5, 5.41) is 0.785. The van der Waals surface area contributed by atoms with Crippen LogP contribution in [0.3, 0.4) is 0 Å². The molecule has 2 unspecified atom stereocenters. The van der Waals surface area contributed by atoms with E-state index in [1.165, 1.54) is 25.4 Å².